The molecule has 114 valence electrons. The molecule has 6 heteroatoms. The van der Waals surface area contributed by atoms with Crippen molar-refractivity contribution < 1.29 is 12.8 Å². The molecule has 0 aromatic heterocycles. The zero-order valence-corrected chi connectivity index (χ0v) is 13.0. The summed E-state index contributed by atoms with van der Waals surface area (Å²) in [6.45, 7) is 3.53. The van der Waals surface area contributed by atoms with Crippen LogP contribution in [-0.2, 0) is 10.0 Å². The smallest absolute Gasteiger partial charge is 0.207 e. The van der Waals surface area contributed by atoms with Crippen molar-refractivity contribution in [1.82, 2.24) is 4.72 Å². The van der Waals surface area contributed by atoms with Crippen LogP contribution in [0.3, 0.4) is 0 Å². The summed E-state index contributed by atoms with van der Waals surface area (Å²) in [5.74, 6) is -0.147. The third-order valence-electron chi connectivity index (χ3n) is 3.98. The van der Waals surface area contributed by atoms with Crippen LogP contribution in [-0.4, -0.2) is 14.0 Å². The fourth-order valence-corrected chi connectivity index (χ4v) is 4.31. The molecule has 0 heterocycles. The lowest BCUT2D eigenvalue weighted by molar-refractivity contribution is 0.270. The van der Waals surface area contributed by atoms with Crippen molar-refractivity contribution in [3.63, 3.8) is 0 Å². The highest BCUT2D eigenvalue weighted by Crippen LogP contribution is 2.33. The Bertz CT molecular complexity index is 681. The highest BCUT2D eigenvalue weighted by atomic mass is 32.2. The van der Waals surface area contributed by atoms with Gasteiger partial charge in [-0.25, -0.2) is 12.8 Å². The van der Waals surface area contributed by atoms with E-state index in [-0.39, 0.29) is 10.5 Å². The molecule has 1 aliphatic carbocycles. The molecule has 0 amide bonds. The number of hydrogen-bond acceptors (Lipinski definition) is 3. The Kier molecular flexibility index (Phi) is 4.35. The summed E-state index contributed by atoms with van der Waals surface area (Å²) >= 11 is 0. The van der Waals surface area contributed by atoms with Crippen LogP contribution in [0.2, 0.25) is 0 Å². The largest absolute Gasteiger partial charge is 0.241 e. The molecule has 0 saturated heterocycles. The molecule has 0 radical (unpaired) electrons. The summed E-state index contributed by atoms with van der Waals surface area (Å²) in [6.07, 6.45) is 2.83. The Hall–Kier alpha value is -1.45. The minimum absolute atomic E-state index is 0.00532. The van der Waals surface area contributed by atoms with Crippen LogP contribution >= 0.6 is 0 Å². The first-order valence-electron chi connectivity index (χ1n) is 6.99. The van der Waals surface area contributed by atoms with Gasteiger partial charge < -0.3 is 0 Å². The SMILES string of the molecule is Cc1cc(S(=O)(=O)N[C@@]2(C#N)CCC[C@H](C)C2)ccc1F. The minimum atomic E-state index is -3.83. The lowest BCUT2D eigenvalue weighted by Gasteiger charge is -2.34. The van der Waals surface area contributed by atoms with Crippen LogP contribution in [0.5, 0.6) is 0 Å². The normalized spacial score (nSPS) is 26.3. The van der Waals surface area contributed by atoms with E-state index in [1.54, 1.807) is 0 Å². The Morgan fingerprint density at radius 3 is 2.76 bits per heavy atom. The van der Waals surface area contributed by atoms with Gasteiger partial charge in [-0.05, 0) is 49.4 Å². The van der Waals surface area contributed by atoms with Crippen LogP contribution in [0.25, 0.3) is 0 Å². The van der Waals surface area contributed by atoms with Crippen molar-refractivity contribution in [2.75, 3.05) is 0 Å². The first-order chi connectivity index (χ1) is 9.78. The lowest BCUT2D eigenvalue weighted by Crippen LogP contribution is -2.49. The summed E-state index contributed by atoms with van der Waals surface area (Å²) in [5.41, 5.74) is -0.792. The number of rotatable bonds is 3. The summed E-state index contributed by atoms with van der Waals surface area (Å²) in [4.78, 5) is -0.00532. The van der Waals surface area contributed by atoms with Gasteiger partial charge in [-0.1, -0.05) is 19.8 Å². The molecular formula is C15H19FN2O2S. The van der Waals surface area contributed by atoms with Crippen molar-refractivity contribution in [3.8, 4) is 6.07 Å². The third-order valence-corrected chi connectivity index (χ3v) is 5.51. The van der Waals surface area contributed by atoms with Crippen LogP contribution in [0.4, 0.5) is 4.39 Å². The van der Waals surface area contributed by atoms with Crippen molar-refractivity contribution in [3.05, 3.63) is 29.6 Å². The Morgan fingerprint density at radius 1 is 1.48 bits per heavy atom. The number of hydrogen-bond donors (Lipinski definition) is 1. The van der Waals surface area contributed by atoms with Crippen LogP contribution in [0.15, 0.2) is 23.1 Å². The fraction of sp³-hybridized carbons (Fsp3) is 0.533. The molecule has 1 N–H and O–H groups in total. The monoisotopic (exact) mass is 310 g/mol. The highest BCUT2D eigenvalue weighted by molar-refractivity contribution is 7.89. The molecule has 1 aromatic rings. The van der Waals surface area contributed by atoms with E-state index in [2.05, 4.69) is 10.8 Å². The van der Waals surface area contributed by atoms with Crippen molar-refractivity contribution in [2.24, 2.45) is 5.92 Å². The van der Waals surface area contributed by atoms with Gasteiger partial charge in [0.05, 0.1) is 11.0 Å². The molecule has 0 unspecified atom stereocenters. The second-order valence-electron chi connectivity index (χ2n) is 5.91. The third kappa shape index (κ3) is 3.42. The number of aryl methyl sites for hydroxylation is 1. The Balaban J connectivity index is 2.31. The first kappa shape index (κ1) is 15.9. The fourth-order valence-electron chi connectivity index (χ4n) is 2.87. The van der Waals surface area contributed by atoms with E-state index in [1.807, 2.05) is 6.92 Å². The maximum Gasteiger partial charge on any atom is 0.241 e. The van der Waals surface area contributed by atoms with E-state index < -0.39 is 21.4 Å². The average Bonchev–Trinajstić information content (AvgIpc) is 2.41. The Labute approximate surface area is 125 Å². The maximum absolute atomic E-state index is 13.3. The molecule has 0 bridgehead atoms. The lowest BCUT2D eigenvalue weighted by atomic mass is 9.78. The molecule has 0 aliphatic heterocycles. The molecular weight excluding hydrogens is 291 g/mol. The van der Waals surface area contributed by atoms with Gasteiger partial charge in [0.15, 0.2) is 0 Å². The summed E-state index contributed by atoms with van der Waals surface area (Å²) in [6, 6.07) is 5.78. The maximum atomic E-state index is 13.3. The molecule has 4 nitrogen and oxygen atoms in total. The van der Waals surface area contributed by atoms with E-state index in [0.29, 0.717) is 18.8 Å². The van der Waals surface area contributed by atoms with Gasteiger partial charge in [0.2, 0.25) is 10.0 Å². The van der Waals surface area contributed by atoms with E-state index in [0.717, 1.165) is 18.9 Å². The molecule has 1 fully saturated rings. The van der Waals surface area contributed by atoms with Gasteiger partial charge in [-0.3, -0.25) is 0 Å². The Morgan fingerprint density at radius 2 is 2.19 bits per heavy atom. The van der Waals surface area contributed by atoms with Gasteiger partial charge >= 0.3 is 0 Å². The number of nitriles is 1. The molecule has 1 saturated carbocycles. The van der Waals surface area contributed by atoms with Crippen LogP contribution in [0, 0.1) is 30.0 Å². The predicted octanol–water partition coefficient (Wildman–Crippen LogP) is 2.88. The number of halogens is 1. The summed E-state index contributed by atoms with van der Waals surface area (Å²) < 4.78 is 40.7. The minimum Gasteiger partial charge on any atom is -0.207 e. The second-order valence-corrected chi connectivity index (χ2v) is 7.59. The van der Waals surface area contributed by atoms with Crippen molar-refractivity contribution >= 4 is 10.0 Å². The summed E-state index contributed by atoms with van der Waals surface area (Å²) in [5, 5.41) is 9.43. The standard InChI is InChI=1S/C15H19FN2O2S/c1-11-4-3-7-15(9-11,10-17)18-21(19,20)13-5-6-14(16)12(2)8-13/h5-6,8,11,18H,3-4,7,9H2,1-2H3/t11-,15-/m0/s1. The van der Waals surface area contributed by atoms with E-state index >= 15 is 0 Å². The zero-order valence-electron chi connectivity index (χ0n) is 12.2. The van der Waals surface area contributed by atoms with Gasteiger partial charge in [0.1, 0.15) is 11.4 Å². The van der Waals surface area contributed by atoms with E-state index in [1.165, 1.54) is 19.1 Å². The number of sulfonamides is 1. The second kappa shape index (κ2) is 5.74. The van der Waals surface area contributed by atoms with Crippen LogP contribution < -0.4 is 4.72 Å². The number of nitrogens with zero attached hydrogens (tertiary/aromatic N) is 1. The molecule has 21 heavy (non-hydrogen) atoms. The van der Waals surface area contributed by atoms with Gasteiger partial charge in [-0.15, -0.1) is 0 Å². The number of nitrogens with one attached hydrogen (secondary N) is 1. The highest BCUT2D eigenvalue weighted by Gasteiger charge is 2.39. The topological polar surface area (TPSA) is 70.0 Å². The van der Waals surface area contributed by atoms with Gasteiger partial charge in [0.25, 0.3) is 0 Å². The first-order valence-corrected chi connectivity index (χ1v) is 8.48. The van der Waals surface area contributed by atoms with E-state index in [9.17, 15) is 18.1 Å². The molecule has 2 rings (SSSR count). The predicted molar refractivity (Wildman–Crippen MR) is 77.4 cm³/mol. The average molecular weight is 310 g/mol. The quantitative estimate of drug-likeness (QED) is 0.933. The molecule has 1 aromatic carbocycles. The van der Waals surface area contributed by atoms with E-state index in [4.69, 9.17) is 0 Å². The number of benzene rings is 1. The molecule has 0 spiro atoms. The van der Waals surface area contributed by atoms with Gasteiger partial charge in [0, 0.05) is 0 Å². The summed E-state index contributed by atoms with van der Waals surface area (Å²) in [7, 11) is -3.83. The van der Waals surface area contributed by atoms with Crippen LogP contribution in [0.1, 0.15) is 38.2 Å². The molecule has 2 atom stereocenters. The van der Waals surface area contributed by atoms with Crippen molar-refractivity contribution in [2.45, 2.75) is 50.0 Å². The molecule has 1 aliphatic rings. The zero-order chi connectivity index (χ0) is 15.7. The van der Waals surface area contributed by atoms with Gasteiger partial charge in [-0.2, -0.15) is 9.98 Å². The van der Waals surface area contributed by atoms with Crippen molar-refractivity contribution in [1.29, 1.82) is 5.26 Å².